The Labute approximate surface area is 94.5 Å². The zero-order valence-corrected chi connectivity index (χ0v) is 9.22. The van der Waals surface area contributed by atoms with E-state index in [0.717, 1.165) is 17.8 Å². The molecule has 0 fully saturated rings. The van der Waals surface area contributed by atoms with Crippen LogP contribution < -0.4 is 5.32 Å². The van der Waals surface area contributed by atoms with Crippen LogP contribution in [0.3, 0.4) is 0 Å². The molecular weight excluding hydrogens is 200 g/mol. The highest BCUT2D eigenvalue weighted by molar-refractivity contribution is 5.71. The summed E-state index contributed by atoms with van der Waals surface area (Å²) < 4.78 is 0. The summed E-state index contributed by atoms with van der Waals surface area (Å²) in [7, 11) is 0. The lowest BCUT2D eigenvalue weighted by Gasteiger charge is -2.12. The molecule has 4 nitrogen and oxygen atoms in total. The molecule has 0 saturated heterocycles. The van der Waals surface area contributed by atoms with Crippen LogP contribution in [0.1, 0.15) is 13.3 Å². The Morgan fingerprint density at radius 2 is 2.19 bits per heavy atom. The fourth-order valence-corrected chi connectivity index (χ4v) is 1.50. The first-order chi connectivity index (χ1) is 7.79. The zero-order chi connectivity index (χ0) is 11.4. The van der Waals surface area contributed by atoms with Crippen LogP contribution in [-0.4, -0.2) is 21.0 Å². The van der Waals surface area contributed by atoms with Crippen LogP contribution in [0, 0.1) is 0 Å². The van der Waals surface area contributed by atoms with Crippen molar-refractivity contribution in [1.82, 2.24) is 15.0 Å². The number of anilines is 1. The van der Waals surface area contributed by atoms with E-state index in [1.807, 2.05) is 18.2 Å². The molecule has 1 atom stereocenters. The lowest BCUT2D eigenvalue weighted by molar-refractivity contribution is 0.808. The van der Waals surface area contributed by atoms with Crippen molar-refractivity contribution >= 4 is 17.0 Å². The Morgan fingerprint density at radius 1 is 1.38 bits per heavy atom. The summed E-state index contributed by atoms with van der Waals surface area (Å²) >= 11 is 0. The van der Waals surface area contributed by atoms with Crippen LogP contribution in [0.15, 0.2) is 37.2 Å². The minimum atomic E-state index is 0.319. The second-order valence-electron chi connectivity index (χ2n) is 3.67. The highest BCUT2D eigenvalue weighted by atomic mass is 15.0. The van der Waals surface area contributed by atoms with Gasteiger partial charge in [-0.15, -0.1) is 6.58 Å². The topological polar surface area (TPSA) is 50.7 Å². The normalized spacial score (nSPS) is 12.3. The molecule has 0 aromatic carbocycles. The number of hydrogen-bond acceptors (Lipinski definition) is 4. The van der Waals surface area contributed by atoms with Crippen molar-refractivity contribution in [3.63, 3.8) is 0 Å². The van der Waals surface area contributed by atoms with Crippen LogP contribution in [-0.2, 0) is 0 Å². The van der Waals surface area contributed by atoms with Crippen molar-refractivity contribution < 1.29 is 0 Å². The second kappa shape index (κ2) is 4.70. The molecule has 0 radical (unpaired) electrons. The van der Waals surface area contributed by atoms with E-state index in [2.05, 4.69) is 33.8 Å². The van der Waals surface area contributed by atoms with Crippen molar-refractivity contribution in [3.05, 3.63) is 37.2 Å². The average molecular weight is 214 g/mol. The fraction of sp³-hybridized carbons (Fsp3) is 0.250. The van der Waals surface area contributed by atoms with E-state index in [1.54, 1.807) is 12.4 Å². The van der Waals surface area contributed by atoms with Gasteiger partial charge in [0, 0.05) is 18.4 Å². The van der Waals surface area contributed by atoms with Crippen molar-refractivity contribution in [3.8, 4) is 0 Å². The molecule has 0 aliphatic heterocycles. The summed E-state index contributed by atoms with van der Waals surface area (Å²) in [5.74, 6) is 0.822. The molecule has 0 aliphatic carbocycles. The summed E-state index contributed by atoms with van der Waals surface area (Å²) in [6.45, 7) is 5.80. The maximum atomic E-state index is 4.38. The van der Waals surface area contributed by atoms with Crippen molar-refractivity contribution in [1.29, 1.82) is 0 Å². The van der Waals surface area contributed by atoms with E-state index in [4.69, 9.17) is 0 Å². The van der Waals surface area contributed by atoms with Crippen LogP contribution in [0.5, 0.6) is 0 Å². The van der Waals surface area contributed by atoms with Crippen LogP contribution in [0.2, 0.25) is 0 Å². The summed E-state index contributed by atoms with van der Waals surface area (Å²) in [4.78, 5) is 12.7. The van der Waals surface area contributed by atoms with Crippen molar-refractivity contribution in [2.45, 2.75) is 19.4 Å². The van der Waals surface area contributed by atoms with E-state index >= 15 is 0 Å². The summed E-state index contributed by atoms with van der Waals surface area (Å²) in [5.41, 5.74) is 1.47. The minimum Gasteiger partial charge on any atom is -0.367 e. The highest BCUT2D eigenvalue weighted by Gasteiger charge is 2.02. The molecule has 2 aromatic rings. The van der Waals surface area contributed by atoms with E-state index < -0.39 is 0 Å². The molecule has 4 heteroatoms. The van der Waals surface area contributed by atoms with Crippen molar-refractivity contribution in [2.24, 2.45) is 0 Å². The van der Waals surface area contributed by atoms with Gasteiger partial charge in [0.05, 0.1) is 0 Å². The predicted octanol–water partition coefficient (Wildman–Crippen LogP) is 2.40. The molecule has 1 N–H and O–H groups in total. The summed E-state index contributed by atoms with van der Waals surface area (Å²) in [5, 5.41) is 3.28. The number of nitrogens with one attached hydrogen (secondary N) is 1. The maximum absolute atomic E-state index is 4.38. The molecule has 0 amide bonds. The van der Waals surface area contributed by atoms with Gasteiger partial charge in [-0.1, -0.05) is 6.08 Å². The van der Waals surface area contributed by atoms with Gasteiger partial charge < -0.3 is 5.32 Å². The molecule has 2 rings (SSSR count). The third-order valence-electron chi connectivity index (χ3n) is 2.25. The fourth-order valence-electron chi connectivity index (χ4n) is 1.50. The van der Waals surface area contributed by atoms with E-state index in [1.165, 1.54) is 0 Å². The first-order valence-electron chi connectivity index (χ1n) is 5.25. The standard InChI is InChI=1S/C12H14N4/c1-3-4-9(2)15-11-6-5-10-12(16-11)14-8-7-13-10/h3,5-9H,1,4H2,2H3,(H,14,15,16). The van der Waals surface area contributed by atoms with Crippen molar-refractivity contribution in [2.75, 3.05) is 5.32 Å². The lowest BCUT2D eigenvalue weighted by Crippen LogP contribution is -2.14. The van der Waals surface area contributed by atoms with Gasteiger partial charge in [-0.3, -0.25) is 4.98 Å². The molecule has 0 aliphatic rings. The highest BCUT2D eigenvalue weighted by Crippen LogP contribution is 2.11. The first-order valence-corrected chi connectivity index (χ1v) is 5.25. The Hall–Kier alpha value is -1.97. The van der Waals surface area contributed by atoms with E-state index in [-0.39, 0.29) is 0 Å². The third kappa shape index (κ3) is 2.34. The number of nitrogens with zero attached hydrogens (tertiary/aromatic N) is 3. The lowest BCUT2D eigenvalue weighted by atomic mass is 10.2. The van der Waals surface area contributed by atoms with Gasteiger partial charge in [-0.25, -0.2) is 9.97 Å². The van der Waals surface area contributed by atoms with Gasteiger partial charge in [0.1, 0.15) is 11.3 Å². The molecule has 82 valence electrons. The van der Waals surface area contributed by atoms with Gasteiger partial charge in [-0.2, -0.15) is 0 Å². The van der Waals surface area contributed by atoms with E-state index in [9.17, 15) is 0 Å². The largest absolute Gasteiger partial charge is 0.367 e. The SMILES string of the molecule is C=CCC(C)Nc1ccc2nccnc2n1. The summed E-state index contributed by atoms with van der Waals surface area (Å²) in [6, 6.07) is 4.15. The maximum Gasteiger partial charge on any atom is 0.180 e. The van der Waals surface area contributed by atoms with Crippen LogP contribution >= 0.6 is 0 Å². The number of aromatic nitrogens is 3. The molecule has 0 spiro atoms. The number of rotatable bonds is 4. The van der Waals surface area contributed by atoms with Gasteiger partial charge in [0.15, 0.2) is 5.65 Å². The minimum absolute atomic E-state index is 0.319. The molecule has 1 unspecified atom stereocenters. The van der Waals surface area contributed by atoms with Gasteiger partial charge in [0.25, 0.3) is 0 Å². The predicted molar refractivity (Wildman–Crippen MR) is 65.2 cm³/mol. The molecule has 2 aromatic heterocycles. The second-order valence-corrected chi connectivity index (χ2v) is 3.67. The molecule has 0 bridgehead atoms. The third-order valence-corrected chi connectivity index (χ3v) is 2.25. The van der Waals surface area contributed by atoms with E-state index in [0.29, 0.717) is 11.7 Å². The molecular formula is C12H14N4. The Kier molecular flexibility index (Phi) is 3.10. The molecule has 2 heterocycles. The van der Waals surface area contributed by atoms with Crippen LogP contribution in [0.25, 0.3) is 11.2 Å². The Morgan fingerprint density at radius 3 is 3.00 bits per heavy atom. The monoisotopic (exact) mass is 214 g/mol. The number of pyridine rings is 1. The number of fused-ring (bicyclic) bond motifs is 1. The van der Waals surface area contributed by atoms with Gasteiger partial charge in [0.2, 0.25) is 0 Å². The molecule has 0 saturated carbocycles. The van der Waals surface area contributed by atoms with Gasteiger partial charge >= 0.3 is 0 Å². The zero-order valence-electron chi connectivity index (χ0n) is 9.22. The average Bonchev–Trinajstić information content (AvgIpc) is 2.29. The first kappa shape index (κ1) is 10.5. The quantitative estimate of drug-likeness (QED) is 0.794. The van der Waals surface area contributed by atoms with Crippen LogP contribution in [0.4, 0.5) is 5.82 Å². The molecule has 16 heavy (non-hydrogen) atoms. The number of hydrogen-bond donors (Lipinski definition) is 1. The van der Waals surface area contributed by atoms with Gasteiger partial charge in [-0.05, 0) is 25.5 Å². The Bertz CT molecular complexity index is 495. The smallest absolute Gasteiger partial charge is 0.180 e. The Balaban J connectivity index is 2.22. The summed E-state index contributed by atoms with van der Waals surface area (Å²) in [6.07, 6.45) is 6.10.